The zero-order valence-corrected chi connectivity index (χ0v) is 10.6. The number of benzene rings is 1. The highest BCUT2D eigenvalue weighted by molar-refractivity contribution is 5.92. The molecule has 1 rings (SSSR count). The van der Waals surface area contributed by atoms with Crippen LogP contribution < -0.4 is 11.1 Å². The first-order valence-electron chi connectivity index (χ1n) is 6.06. The highest BCUT2D eigenvalue weighted by Crippen LogP contribution is 2.29. The fourth-order valence-corrected chi connectivity index (χ4v) is 1.71. The predicted octanol–water partition coefficient (Wildman–Crippen LogP) is 3.02. The van der Waals surface area contributed by atoms with E-state index in [1.807, 2.05) is 6.92 Å². The van der Waals surface area contributed by atoms with Crippen LogP contribution in [-0.2, 0) is 11.0 Å². The van der Waals surface area contributed by atoms with Crippen LogP contribution in [0.15, 0.2) is 24.3 Å². The summed E-state index contributed by atoms with van der Waals surface area (Å²) < 4.78 is 37.1. The zero-order chi connectivity index (χ0) is 14.5. The molecule has 0 saturated heterocycles. The third-order valence-corrected chi connectivity index (χ3v) is 2.86. The van der Waals surface area contributed by atoms with Crippen molar-refractivity contribution in [3.05, 3.63) is 29.8 Å². The largest absolute Gasteiger partial charge is 0.416 e. The molecule has 0 aromatic heterocycles. The molecule has 0 aliphatic rings. The number of rotatable bonds is 5. The summed E-state index contributed by atoms with van der Waals surface area (Å²) in [7, 11) is 0. The molecule has 6 heteroatoms. The van der Waals surface area contributed by atoms with E-state index < -0.39 is 11.7 Å². The first-order valence-corrected chi connectivity index (χ1v) is 6.06. The molecule has 3 N–H and O–H groups in total. The summed E-state index contributed by atoms with van der Waals surface area (Å²) in [5.74, 6) is -0.431. The SMILES string of the molecule is CCC(CCN)C(=O)Nc1ccc(C(F)(F)F)cc1. The van der Waals surface area contributed by atoms with E-state index in [1.165, 1.54) is 12.1 Å². The molecule has 0 aliphatic heterocycles. The third kappa shape index (κ3) is 4.55. The number of halogens is 3. The van der Waals surface area contributed by atoms with Crippen molar-refractivity contribution in [2.45, 2.75) is 25.9 Å². The summed E-state index contributed by atoms with van der Waals surface area (Å²) in [5, 5.41) is 2.59. The second-order valence-corrected chi connectivity index (χ2v) is 4.25. The normalized spacial score (nSPS) is 13.1. The molecular weight excluding hydrogens is 257 g/mol. The molecule has 1 atom stereocenters. The molecule has 0 fully saturated rings. The minimum atomic E-state index is -4.37. The lowest BCUT2D eigenvalue weighted by molar-refractivity contribution is -0.137. The van der Waals surface area contributed by atoms with Gasteiger partial charge in [0.1, 0.15) is 0 Å². The van der Waals surface area contributed by atoms with Crippen molar-refractivity contribution in [2.75, 3.05) is 11.9 Å². The Morgan fingerprint density at radius 3 is 2.32 bits per heavy atom. The van der Waals surface area contributed by atoms with Crippen molar-refractivity contribution < 1.29 is 18.0 Å². The van der Waals surface area contributed by atoms with Gasteiger partial charge in [-0.3, -0.25) is 4.79 Å². The van der Waals surface area contributed by atoms with Gasteiger partial charge in [-0.05, 0) is 43.7 Å². The first kappa shape index (κ1) is 15.5. The van der Waals surface area contributed by atoms with Crippen LogP contribution in [0.4, 0.5) is 18.9 Å². The van der Waals surface area contributed by atoms with Crippen molar-refractivity contribution in [3.63, 3.8) is 0 Å². The number of hydrogen-bond acceptors (Lipinski definition) is 2. The van der Waals surface area contributed by atoms with Crippen molar-refractivity contribution in [2.24, 2.45) is 11.7 Å². The Kier molecular flexibility index (Phi) is 5.35. The van der Waals surface area contributed by atoms with E-state index >= 15 is 0 Å². The van der Waals surface area contributed by atoms with Crippen LogP contribution in [0.25, 0.3) is 0 Å². The summed E-state index contributed by atoms with van der Waals surface area (Å²) in [6.45, 7) is 2.27. The van der Waals surface area contributed by atoms with E-state index in [1.54, 1.807) is 0 Å². The van der Waals surface area contributed by atoms with E-state index in [0.717, 1.165) is 12.1 Å². The van der Waals surface area contributed by atoms with Gasteiger partial charge in [-0.25, -0.2) is 0 Å². The molecule has 0 saturated carbocycles. The average molecular weight is 274 g/mol. The van der Waals surface area contributed by atoms with Gasteiger partial charge in [0.15, 0.2) is 0 Å². The van der Waals surface area contributed by atoms with Gasteiger partial charge in [-0.2, -0.15) is 13.2 Å². The van der Waals surface area contributed by atoms with Crippen molar-refractivity contribution >= 4 is 11.6 Å². The number of anilines is 1. The fourth-order valence-electron chi connectivity index (χ4n) is 1.71. The maximum atomic E-state index is 12.4. The van der Waals surface area contributed by atoms with Crippen LogP contribution in [0, 0.1) is 5.92 Å². The molecule has 0 spiro atoms. The number of amides is 1. The van der Waals surface area contributed by atoms with Crippen LogP contribution in [0.2, 0.25) is 0 Å². The summed E-state index contributed by atoms with van der Waals surface area (Å²) in [5.41, 5.74) is 5.02. The summed E-state index contributed by atoms with van der Waals surface area (Å²) in [6, 6.07) is 4.38. The van der Waals surface area contributed by atoms with Gasteiger partial charge >= 0.3 is 6.18 Å². The standard InChI is InChI=1S/C13H17F3N2O/c1-2-9(7-8-17)12(19)18-11-5-3-10(4-6-11)13(14,15)16/h3-6,9H,2,7-8,17H2,1H3,(H,18,19). The molecule has 3 nitrogen and oxygen atoms in total. The number of nitrogens with one attached hydrogen (secondary N) is 1. The van der Waals surface area contributed by atoms with Crippen molar-refractivity contribution in [1.29, 1.82) is 0 Å². The second-order valence-electron chi connectivity index (χ2n) is 4.25. The molecule has 1 amide bonds. The number of alkyl halides is 3. The molecule has 1 aromatic carbocycles. The second kappa shape index (κ2) is 6.56. The summed E-state index contributed by atoms with van der Waals surface area (Å²) >= 11 is 0. The average Bonchev–Trinajstić information content (AvgIpc) is 2.35. The van der Waals surface area contributed by atoms with Crippen LogP contribution in [0.1, 0.15) is 25.3 Å². The van der Waals surface area contributed by atoms with Crippen LogP contribution in [-0.4, -0.2) is 12.5 Å². The molecule has 1 unspecified atom stereocenters. The fraction of sp³-hybridized carbons (Fsp3) is 0.462. The van der Waals surface area contributed by atoms with Gasteiger partial charge in [-0.1, -0.05) is 6.92 Å². The van der Waals surface area contributed by atoms with Crippen LogP contribution >= 0.6 is 0 Å². The Morgan fingerprint density at radius 2 is 1.89 bits per heavy atom. The number of carbonyl (C=O) groups is 1. The predicted molar refractivity (Wildman–Crippen MR) is 67.5 cm³/mol. The molecule has 0 heterocycles. The van der Waals surface area contributed by atoms with E-state index in [9.17, 15) is 18.0 Å². The highest BCUT2D eigenvalue weighted by Gasteiger charge is 2.30. The first-order chi connectivity index (χ1) is 8.88. The minimum Gasteiger partial charge on any atom is -0.330 e. The van der Waals surface area contributed by atoms with Crippen LogP contribution in [0.5, 0.6) is 0 Å². The van der Waals surface area contributed by atoms with E-state index in [2.05, 4.69) is 5.32 Å². The smallest absolute Gasteiger partial charge is 0.330 e. The van der Waals surface area contributed by atoms with Gasteiger partial charge in [0.25, 0.3) is 0 Å². The lowest BCUT2D eigenvalue weighted by Gasteiger charge is -2.14. The number of nitrogens with two attached hydrogens (primary N) is 1. The van der Waals surface area contributed by atoms with Gasteiger partial charge < -0.3 is 11.1 Å². The van der Waals surface area contributed by atoms with E-state index in [-0.39, 0.29) is 11.8 Å². The Morgan fingerprint density at radius 1 is 1.32 bits per heavy atom. The highest BCUT2D eigenvalue weighted by atomic mass is 19.4. The third-order valence-electron chi connectivity index (χ3n) is 2.86. The number of carbonyl (C=O) groups excluding carboxylic acids is 1. The Bertz CT molecular complexity index is 415. The van der Waals surface area contributed by atoms with Crippen LogP contribution in [0.3, 0.4) is 0 Å². The number of hydrogen-bond donors (Lipinski definition) is 2. The molecule has 19 heavy (non-hydrogen) atoms. The molecule has 106 valence electrons. The van der Waals surface area contributed by atoms with E-state index in [0.29, 0.717) is 25.1 Å². The summed E-state index contributed by atoms with van der Waals surface area (Å²) in [4.78, 5) is 11.8. The van der Waals surface area contributed by atoms with E-state index in [4.69, 9.17) is 5.73 Å². The monoisotopic (exact) mass is 274 g/mol. The maximum Gasteiger partial charge on any atom is 0.416 e. The van der Waals surface area contributed by atoms with Crippen molar-refractivity contribution in [1.82, 2.24) is 0 Å². The Balaban J connectivity index is 2.70. The summed E-state index contributed by atoms with van der Waals surface area (Å²) in [6.07, 6.45) is -3.17. The molecule has 0 aliphatic carbocycles. The molecular formula is C13H17F3N2O. The van der Waals surface area contributed by atoms with Gasteiger partial charge in [0.2, 0.25) is 5.91 Å². The topological polar surface area (TPSA) is 55.1 Å². The quantitative estimate of drug-likeness (QED) is 0.867. The van der Waals surface area contributed by atoms with Gasteiger partial charge in [0, 0.05) is 11.6 Å². The van der Waals surface area contributed by atoms with Crippen molar-refractivity contribution in [3.8, 4) is 0 Å². The lowest BCUT2D eigenvalue weighted by Crippen LogP contribution is -2.24. The zero-order valence-electron chi connectivity index (χ0n) is 10.6. The van der Waals surface area contributed by atoms with Gasteiger partial charge in [0.05, 0.1) is 5.56 Å². The molecule has 0 bridgehead atoms. The Hall–Kier alpha value is -1.56. The lowest BCUT2D eigenvalue weighted by atomic mass is 10.0. The van der Waals surface area contributed by atoms with Gasteiger partial charge in [-0.15, -0.1) is 0 Å². The minimum absolute atomic E-state index is 0.215. The molecule has 0 radical (unpaired) electrons. The molecule has 1 aromatic rings. The maximum absolute atomic E-state index is 12.4. The Labute approximate surface area is 110 Å².